The lowest BCUT2D eigenvalue weighted by Gasteiger charge is -2.14. The molecule has 0 aliphatic heterocycles. The van der Waals surface area contributed by atoms with Crippen LogP contribution in [-0.4, -0.2) is 21.1 Å². The van der Waals surface area contributed by atoms with Crippen molar-refractivity contribution >= 4 is 44.9 Å². The van der Waals surface area contributed by atoms with E-state index in [0.29, 0.717) is 0 Å². The molecule has 2 heterocycles. The van der Waals surface area contributed by atoms with E-state index in [1.165, 1.54) is 39.6 Å². The highest BCUT2D eigenvalue weighted by Crippen LogP contribution is 2.40. The van der Waals surface area contributed by atoms with E-state index >= 15 is 0 Å². The van der Waals surface area contributed by atoms with Gasteiger partial charge in [-0.15, -0.1) is 11.3 Å². The molecule has 0 spiro atoms. The Kier molecular flexibility index (Phi) is 4.71. The third-order valence-corrected chi connectivity index (χ3v) is 7.06. The highest BCUT2D eigenvalue weighted by atomic mass is 32.2. The highest BCUT2D eigenvalue weighted by molar-refractivity contribution is 8.00. The first-order chi connectivity index (χ1) is 12.5. The van der Waals surface area contributed by atoms with Crippen molar-refractivity contribution in [2.24, 2.45) is 0 Å². The van der Waals surface area contributed by atoms with Crippen molar-refractivity contribution in [1.29, 1.82) is 0 Å². The van der Waals surface area contributed by atoms with Gasteiger partial charge in [0.05, 0.1) is 5.25 Å². The van der Waals surface area contributed by atoms with Crippen molar-refractivity contribution in [2.75, 3.05) is 5.32 Å². The maximum Gasteiger partial charge on any atom is 0.237 e. The first-order valence-corrected chi connectivity index (χ1v) is 10.5. The Balaban J connectivity index is 1.55. The Bertz CT molecular complexity index is 996. The van der Waals surface area contributed by atoms with Crippen LogP contribution in [0.1, 0.15) is 34.9 Å². The number of hydrogen-bond acceptors (Lipinski definition) is 5. The minimum atomic E-state index is -0.231. The van der Waals surface area contributed by atoms with E-state index in [-0.39, 0.29) is 11.2 Å². The van der Waals surface area contributed by atoms with Crippen LogP contribution in [0.3, 0.4) is 0 Å². The van der Waals surface area contributed by atoms with Gasteiger partial charge in [-0.2, -0.15) is 0 Å². The summed E-state index contributed by atoms with van der Waals surface area (Å²) in [7, 11) is 0. The first-order valence-electron chi connectivity index (χ1n) is 8.83. The van der Waals surface area contributed by atoms with Gasteiger partial charge in [0.25, 0.3) is 0 Å². The summed E-state index contributed by atoms with van der Waals surface area (Å²) in [6.45, 7) is 6.00. The molecule has 0 saturated carbocycles. The van der Waals surface area contributed by atoms with E-state index in [1.54, 1.807) is 17.7 Å². The summed E-state index contributed by atoms with van der Waals surface area (Å²) in [5, 5.41) is 4.92. The second kappa shape index (κ2) is 7.00. The van der Waals surface area contributed by atoms with Crippen LogP contribution in [0.5, 0.6) is 0 Å². The van der Waals surface area contributed by atoms with Crippen molar-refractivity contribution in [3.8, 4) is 0 Å². The number of rotatable bonds is 4. The van der Waals surface area contributed by atoms with Crippen molar-refractivity contribution in [1.82, 2.24) is 9.97 Å². The van der Waals surface area contributed by atoms with E-state index in [1.807, 2.05) is 26.0 Å². The second-order valence-corrected chi connectivity index (χ2v) is 9.20. The number of amides is 1. The lowest BCUT2D eigenvalue weighted by atomic mass is 10.1. The van der Waals surface area contributed by atoms with Gasteiger partial charge in [0.1, 0.15) is 16.2 Å². The number of aromatic nitrogens is 2. The van der Waals surface area contributed by atoms with Crippen molar-refractivity contribution in [3.63, 3.8) is 0 Å². The number of carbonyl (C=O) groups excluding carboxylic acids is 1. The molecular formula is C20H21N3OS2. The number of hydrogen-bond donors (Lipinski definition) is 1. The number of carbonyl (C=O) groups is 1. The molecule has 0 bridgehead atoms. The van der Waals surface area contributed by atoms with Crippen LogP contribution in [0, 0.1) is 13.8 Å². The van der Waals surface area contributed by atoms with Gasteiger partial charge in [0.15, 0.2) is 0 Å². The number of thioether (sulfide) groups is 1. The molecule has 1 atom stereocenters. The van der Waals surface area contributed by atoms with Crippen LogP contribution in [0.4, 0.5) is 5.69 Å². The van der Waals surface area contributed by atoms with Gasteiger partial charge in [0, 0.05) is 16.0 Å². The maximum absolute atomic E-state index is 12.7. The normalized spacial score (nSPS) is 14.4. The Morgan fingerprint density at radius 3 is 2.92 bits per heavy atom. The van der Waals surface area contributed by atoms with Crippen LogP contribution in [0.15, 0.2) is 29.6 Å². The third kappa shape index (κ3) is 3.23. The van der Waals surface area contributed by atoms with Crippen LogP contribution in [0.2, 0.25) is 0 Å². The lowest BCUT2D eigenvalue weighted by molar-refractivity contribution is -0.115. The average Bonchev–Trinajstić information content (AvgIpc) is 3.18. The maximum atomic E-state index is 12.7. The van der Waals surface area contributed by atoms with Crippen molar-refractivity contribution < 1.29 is 4.79 Å². The molecule has 0 radical (unpaired) electrons. The Morgan fingerprint density at radius 1 is 1.27 bits per heavy atom. The quantitative estimate of drug-likeness (QED) is 0.513. The van der Waals surface area contributed by atoms with Gasteiger partial charge in [0.2, 0.25) is 5.91 Å². The van der Waals surface area contributed by atoms with E-state index in [4.69, 9.17) is 0 Å². The fourth-order valence-electron chi connectivity index (χ4n) is 3.40. The zero-order valence-electron chi connectivity index (χ0n) is 15.1. The second-order valence-electron chi connectivity index (χ2n) is 6.78. The van der Waals surface area contributed by atoms with E-state index < -0.39 is 0 Å². The zero-order valence-corrected chi connectivity index (χ0v) is 16.8. The smallest absolute Gasteiger partial charge is 0.237 e. The van der Waals surface area contributed by atoms with Crippen LogP contribution < -0.4 is 5.32 Å². The molecule has 1 amide bonds. The van der Waals surface area contributed by atoms with E-state index in [2.05, 4.69) is 28.3 Å². The number of nitrogens with one attached hydrogen (secondary N) is 1. The largest absolute Gasteiger partial charge is 0.325 e. The van der Waals surface area contributed by atoms with Gasteiger partial charge in [-0.05, 0) is 57.2 Å². The summed E-state index contributed by atoms with van der Waals surface area (Å²) in [6, 6.07) is 6.06. The monoisotopic (exact) mass is 383 g/mol. The Hall–Kier alpha value is -1.92. The van der Waals surface area contributed by atoms with Crippen molar-refractivity contribution in [3.05, 3.63) is 46.1 Å². The molecule has 0 unspecified atom stereocenters. The fraction of sp³-hybridized carbons (Fsp3) is 0.350. The summed E-state index contributed by atoms with van der Waals surface area (Å²) in [5.74, 6) is 0.000547. The molecule has 6 heteroatoms. The number of fused-ring (bicyclic) bond motifs is 3. The standard InChI is InChI=1S/C20H21N3OS2/c1-11-7-8-15(12(2)9-11)23-18(24)13(3)25-19-17-14-5-4-6-16(14)26-20(17)22-10-21-19/h7-10,13H,4-6H2,1-3H3,(H,23,24)/t13-/m1/s1. The minimum Gasteiger partial charge on any atom is -0.325 e. The Labute approximate surface area is 161 Å². The molecule has 1 N–H and O–H groups in total. The molecule has 26 heavy (non-hydrogen) atoms. The van der Waals surface area contributed by atoms with Crippen LogP contribution in [0.25, 0.3) is 10.2 Å². The molecule has 134 valence electrons. The predicted molar refractivity (Wildman–Crippen MR) is 109 cm³/mol. The molecule has 3 aromatic rings. The van der Waals surface area contributed by atoms with Crippen LogP contribution in [-0.2, 0) is 17.6 Å². The van der Waals surface area contributed by atoms with Gasteiger partial charge in [-0.25, -0.2) is 9.97 Å². The van der Waals surface area contributed by atoms with Gasteiger partial charge >= 0.3 is 0 Å². The topological polar surface area (TPSA) is 54.9 Å². The number of nitrogens with zero attached hydrogens (tertiary/aromatic N) is 2. The molecule has 1 aromatic carbocycles. The zero-order chi connectivity index (χ0) is 18.3. The number of anilines is 1. The highest BCUT2D eigenvalue weighted by Gasteiger charge is 2.24. The molecule has 0 saturated heterocycles. The summed E-state index contributed by atoms with van der Waals surface area (Å²) >= 11 is 3.30. The first kappa shape index (κ1) is 17.5. The van der Waals surface area contributed by atoms with Gasteiger partial charge in [-0.1, -0.05) is 29.5 Å². The molecule has 1 aliphatic rings. The van der Waals surface area contributed by atoms with E-state index in [0.717, 1.165) is 33.9 Å². The van der Waals surface area contributed by atoms with Gasteiger partial charge < -0.3 is 5.32 Å². The molecule has 0 fully saturated rings. The summed E-state index contributed by atoms with van der Waals surface area (Å²) in [6.07, 6.45) is 5.06. The summed E-state index contributed by atoms with van der Waals surface area (Å²) in [5.41, 5.74) is 4.54. The summed E-state index contributed by atoms with van der Waals surface area (Å²) < 4.78 is 0. The van der Waals surface area contributed by atoms with E-state index in [9.17, 15) is 4.79 Å². The van der Waals surface area contributed by atoms with Gasteiger partial charge in [-0.3, -0.25) is 4.79 Å². The SMILES string of the molecule is Cc1ccc(NC(=O)[C@@H](C)Sc2ncnc3sc4c(c23)CCC4)c(C)c1. The molecule has 4 rings (SSSR count). The molecule has 2 aromatic heterocycles. The number of benzene rings is 1. The molecule has 4 nitrogen and oxygen atoms in total. The predicted octanol–water partition coefficient (Wildman–Crippen LogP) is 4.92. The summed E-state index contributed by atoms with van der Waals surface area (Å²) in [4.78, 5) is 24.1. The fourth-order valence-corrected chi connectivity index (χ4v) is 5.64. The number of thiophene rings is 1. The lowest BCUT2D eigenvalue weighted by Crippen LogP contribution is -2.23. The third-order valence-electron chi connectivity index (χ3n) is 4.76. The average molecular weight is 384 g/mol. The molecular weight excluding hydrogens is 362 g/mol. The van der Waals surface area contributed by atoms with Crippen LogP contribution >= 0.6 is 23.1 Å². The molecule has 1 aliphatic carbocycles. The number of aryl methyl sites for hydroxylation is 4. The Morgan fingerprint density at radius 2 is 2.12 bits per heavy atom. The van der Waals surface area contributed by atoms with Crippen molar-refractivity contribution in [2.45, 2.75) is 50.3 Å². The minimum absolute atomic E-state index is 0.000547.